The van der Waals surface area contributed by atoms with Crippen molar-refractivity contribution < 1.29 is 36.2 Å². The fraction of sp³-hybridized carbons (Fsp3) is 0.444. The number of hydrogen-bond acceptors (Lipinski definition) is 4. The first-order valence-corrected chi connectivity index (χ1v) is 9.56. The number of carbonyl (C=O) groups excluding carboxylic acids is 1. The maximum absolute atomic E-state index is 13.0. The Labute approximate surface area is 176 Å². The molecule has 2 rings (SSSR count). The van der Waals surface area contributed by atoms with Gasteiger partial charge in [0.25, 0.3) is 5.60 Å². The summed E-state index contributed by atoms with van der Waals surface area (Å²) in [5.41, 5.74) is -5.21. The van der Waals surface area contributed by atoms with Gasteiger partial charge < -0.3 is 10.4 Å². The fourth-order valence-corrected chi connectivity index (χ4v) is 3.89. The second-order valence-corrected chi connectivity index (χ2v) is 9.04. The maximum atomic E-state index is 13.0. The number of halogens is 7. The van der Waals surface area contributed by atoms with E-state index in [1.54, 1.807) is 45.0 Å². The van der Waals surface area contributed by atoms with Crippen LogP contribution in [0.2, 0.25) is 5.02 Å². The molecule has 0 fully saturated rings. The van der Waals surface area contributed by atoms with Crippen molar-refractivity contribution in [2.75, 3.05) is 5.32 Å². The van der Waals surface area contributed by atoms with Crippen LogP contribution >= 0.6 is 22.9 Å². The molecule has 1 amide bonds. The molecule has 0 radical (unpaired) electrons. The third kappa shape index (κ3) is 4.73. The van der Waals surface area contributed by atoms with E-state index in [-0.39, 0.29) is 17.5 Å². The molecule has 0 aliphatic carbocycles. The number of thiazole rings is 1. The molecule has 0 saturated heterocycles. The first-order valence-electron chi connectivity index (χ1n) is 8.37. The zero-order chi connectivity index (χ0) is 23.1. The molecule has 0 unspecified atom stereocenters. The Kier molecular flexibility index (Phi) is 6.52. The van der Waals surface area contributed by atoms with Crippen LogP contribution in [-0.2, 0) is 10.4 Å². The van der Waals surface area contributed by atoms with Crippen LogP contribution in [0.4, 0.5) is 31.5 Å². The standard InChI is InChI=1S/C18H17ClF6N2O2S/c1-15(2,3)12(9-4-6-10(19)7-5-9)13(28)27-14-26-8-11(30-14)16(29,17(20,21)22)18(23,24)25/h4-8,12,29H,1-3H3,(H,26,27,28)/t12-/m0/s1. The lowest BCUT2D eigenvalue weighted by Gasteiger charge is -2.31. The normalized spacial score (nSPS) is 14.5. The van der Waals surface area contributed by atoms with E-state index in [2.05, 4.69) is 10.3 Å². The molecule has 1 aromatic heterocycles. The summed E-state index contributed by atoms with van der Waals surface area (Å²) in [6.07, 6.45) is -11.8. The van der Waals surface area contributed by atoms with E-state index >= 15 is 0 Å². The molecule has 1 aromatic carbocycles. The van der Waals surface area contributed by atoms with Gasteiger partial charge in [0.2, 0.25) is 5.91 Å². The lowest BCUT2D eigenvalue weighted by molar-refractivity contribution is -0.375. The molecule has 2 N–H and O–H groups in total. The highest BCUT2D eigenvalue weighted by Gasteiger charge is 2.72. The monoisotopic (exact) mass is 474 g/mol. The van der Waals surface area contributed by atoms with Gasteiger partial charge in [-0.05, 0) is 23.1 Å². The number of alkyl halides is 6. The Hall–Kier alpha value is -1.85. The largest absolute Gasteiger partial charge is 0.431 e. The van der Waals surface area contributed by atoms with Crippen LogP contribution in [0.3, 0.4) is 0 Å². The molecular formula is C18H17ClF6N2O2S. The van der Waals surface area contributed by atoms with Crippen molar-refractivity contribution >= 4 is 34.0 Å². The van der Waals surface area contributed by atoms with Crippen LogP contribution < -0.4 is 5.32 Å². The Morgan fingerprint density at radius 2 is 1.57 bits per heavy atom. The van der Waals surface area contributed by atoms with Gasteiger partial charge in [-0.2, -0.15) is 26.3 Å². The molecule has 2 aromatic rings. The lowest BCUT2D eigenvalue weighted by atomic mass is 9.76. The van der Waals surface area contributed by atoms with Crippen molar-refractivity contribution in [2.24, 2.45) is 5.41 Å². The van der Waals surface area contributed by atoms with E-state index in [1.165, 1.54) is 0 Å². The van der Waals surface area contributed by atoms with Crippen LogP contribution in [0.1, 0.15) is 37.1 Å². The molecule has 1 heterocycles. The average molecular weight is 475 g/mol. The summed E-state index contributed by atoms with van der Waals surface area (Å²) in [6, 6.07) is 6.29. The highest BCUT2D eigenvalue weighted by atomic mass is 35.5. The van der Waals surface area contributed by atoms with Crippen molar-refractivity contribution in [3.63, 3.8) is 0 Å². The molecule has 0 aliphatic rings. The number of benzene rings is 1. The number of anilines is 1. The molecule has 0 aliphatic heterocycles. The zero-order valence-electron chi connectivity index (χ0n) is 15.8. The molecule has 0 saturated carbocycles. The van der Waals surface area contributed by atoms with E-state index in [4.69, 9.17) is 11.6 Å². The second kappa shape index (κ2) is 8.01. The van der Waals surface area contributed by atoms with Crippen molar-refractivity contribution in [3.05, 3.63) is 45.9 Å². The topological polar surface area (TPSA) is 62.2 Å². The number of carbonyl (C=O) groups is 1. The average Bonchev–Trinajstić information content (AvgIpc) is 3.01. The van der Waals surface area contributed by atoms with Crippen LogP contribution in [0.25, 0.3) is 0 Å². The third-order valence-electron chi connectivity index (χ3n) is 4.24. The highest BCUT2D eigenvalue weighted by Crippen LogP contribution is 2.52. The van der Waals surface area contributed by atoms with Gasteiger partial charge in [0.1, 0.15) is 0 Å². The molecular weight excluding hydrogens is 458 g/mol. The van der Waals surface area contributed by atoms with Crippen LogP contribution in [0.15, 0.2) is 30.5 Å². The van der Waals surface area contributed by atoms with E-state index in [0.717, 1.165) is 0 Å². The number of nitrogens with zero attached hydrogens (tertiary/aromatic N) is 1. The molecule has 1 atom stereocenters. The predicted molar refractivity (Wildman–Crippen MR) is 100 cm³/mol. The van der Waals surface area contributed by atoms with Crippen LogP contribution in [0.5, 0.6) is 0 Å². The quantitative estimate of drug-likeness (QED) is 0.544. The van der Waals surface area contributed by atoms with Crippen LogP contribution in [-0.4, -0.2) is 28.4 Å². The van der Waals surface area contributed by atoms with E-state index in [9.17, 15) is 36.2 Å². The molecule has 12 heteroatoms. The zero-order valence-corrected chi connectivity index (χ0v) is 17.4. The Morgan fingerprint density at radius 3 is 2.00 bits per heavy atom. The molecule has 30 heavy (non-hydrogen) atoms. The fourth-order valence-electron chi connectivity index (χ4n) is 2.82. The number of aromatic nitrogens is 1. The van der Waals surface area contributed by atoms with Gasteiger partial charge in [-0.25, -0.2) is 4.98 Å². The van der Waals surface area contributed by atoms with Gasteiger partial charge in [-0.3, -0.25) is 4.79 Å². The summed E-state index contributed by atoms with van der Waals surface area (Å²) in [5.74, 6) is -1.50. The SMILES string of the molecule is CC(C)(C)[C@H](C(=O)Nc1ncc(C(O)(C(F)(F)F)C(F)(F)F)s1)c1ccc(Cl)cc1. The number of hydrogen-bond donors (Lipinski definition) is 2. The smallest absolute Gasteiger partial charge is 0.369 e. The Bertz CT molecular complexity index is 889. The van der Waals surface area contributed by atoms with Gasteiger partial charge in [0.15, 0.2) is 5.13 Å². The minimum absolute atomic E-state index is 0.107. The van der Waals surface area contributed by atoms with Gasteiger partial charge >= 0.3 is 12.4 Å². The Balaban J connectivity index is 2.37. The van der Waals surface area contributed by atoms with Crippen molar-refractivity contribution in [1.29, 1.82) is 0 Å². The minimum Gasteiger partial charge on any atom is -0.369 e. The number of rotatable bonds is 4. The minimum atomic E-state index is -6.03. The van der Waals surface area contributed by atoms with Crippen molar-refractivity contribution in [1.82, 2.24) is 4.98 Å². The lowest BCUT2D eigenvalue weighted by Crippen LogP contribution is -2.53. The van der Waals surface area contributed by atoms with Gasteiger partial charge in [0.05, 0.1) is 10.8 Å². The molecule has 4 nitrogen and oxygen atoms in total. The summed E-state index contributed by atoms with van der Waals surface area (Å²) in [5, 5.41) is 11.6. The second-order valence-electron chi connectivity index (χ2n) is 7.58. The van der Waals surface area contributed by atoms with Crippen molar-refractivity contribution in [2.45, 2.75) is 44.6 Å². The first kappa shape index (κ1) is 24.4. The third-order valence-corrected chi connectivity index (χ3v) is 5.52. The number of nitrogens with one attached hydrogen (secondary N) is 1. The summed E-state index contributed by atoms with van der Waals surface area (Å²) >= 11 is 5.74. The highest BCUT2D eigenvalue weighted by molar-refractivity contribution is 7.15. The summed E-state index contributed by atoms with van der Waals surface area (Å²) < 4.78 is 78.0. The molecule has 0 bridgehead atoms. The van der Waals surface area contributed by atoms with E-state index in [0.29, 0.717) is 10.6 Å². The number of aliphatic hydroxyl groups is 1. The van der Waals surface area contributed by atoms with Crippen molar-refractivity contribution in [3.8, 4) is 0 Å². The predicted octanol–water partition coefficient (Wildman–Crippen LogP) is 5.88. The van der Waals surface area contributed by atoms with Gasteiger partial charge in [0, 0.05) is 11.2 Å². The Morgan fingerprint density at radius 1 is 1.07 bits per heavy atom. The summed E-state index contributed by atoms with van der Waals surface area (Å²) in [6.45, 7) is 5.22. The summed E-state index contributed by atoms with van der Waals surface area (Å²) in [4.78, 5) is 14.7. The van der Waals surface area contributed by atoms with Crippen LogP contribution in [0, 0.1) is 5.41 Å². The number of amides is 1. The van der Waals surface area contributed by atoms with E-state index < -0.39 is 45.2 Å². The van der Waals surface area contributed by atoms with Gasteiger partial charge in [-0.1, -0.05) is 55.8 Å². The van der Waals surface area contributed by atoms with E-state index in [1.807, 2.05) is 0 Å². The maximum Gasteiger partial charge on any atom is 0.431 e. The van der Waals surface area contributed by atoms with Gasteiger partial charge in [-0.15, -0.1) is 0 Å². The molecule has 166 valence electrons. The first-order chi connectivity index (χ1) is 13.5. The summed E-state index contributed by atoms with van der Waals surface area (Å²) in [7, 11) is 0. The molecule has 0 spiro atoms.